The van der Waals surface area contributed by atoms with Crippen molar-refractivity contribution in [1.82, 2.24) is 19.8 Å². The molecular weight excluding hydrogens is 248 g/mol. The molecule has 0 aliphatic carbocycles. The van der Waals surface area contributed by atoms with E-state index in [2.05, 4.69) is 10.3 Å². The van der Waals surface area contributed by atoms with Crippen LogP contribution in [0.25, 0.3) is 0 Å². The molecule has 0 fully saturated rings. The highest BCUT2D eigenvalue weighted by atomic mass is 16.4. The lowest BCUT2D eigenvalue weighted by molar-refractivity contribution is -0.143. The standard InChI is InChI=1S/C12H18N4O3/c1-3-12(2,10(17)18)14-11(19)16-7-6-15-5-4-13-9(15)8-16/h4-5H,3,6-8H2,1-2H3,(H,14,19)(H,17,18). The highest BCUT2D eigenvalue weighted by Crippen LogP contribution is 2.14. The Morgan fingerprint density at radius 3 is 2.89 bits per heavy atom. The summed E-state index contributed by atoms with van der Waals surface area (Å²) < 4.78 is 1.99. The summed E-state index contributed by atoms with van der Waals surface area (Å²) in [7, 11) is 0. The Morgan fingerprint density at radius 2 is 2.26 bits per heavy atom. The topological polar surface area (TPSA) is 87.5 Å². The van der Waals surface area contributed by atoms with Gasteiger partial charge in [-0.05, 0) is 13.3 Å². The number of aromatic nitrogens is 2. The minimum atomic E-state index is -1.23. The fourth-order valence-electron chi connectivity index (χ4n) is 1.95. The van der Waals surface area contributed by atoms with E-state index >= 15 is 0 Å². The van der Waals surface area contributed by atoms with Gasteiger partial charge in [-0.1, -0.05) is 6.92 Å². The zero-order chi connectivity index (χ0) is 14.0. The number of urea groups is 1. The van der Waals surface area contributed by atoms with Gasteiger partial charge in [-0.15, -0.1) is 0 Å². The number of rotatable bonds is 3. The third kappa shape index (κ3) is 2.54. The lowest BCUT2D eigenvalue weighted by Crippen LogP contribution is -2.56. The van der Waals surface area contributed by atoms with Gasteiger partial charge in [0.05, 0.1) is 6.54 Å². The Morgan fingerprint density at radius 1 is 1.53 bits per heavy atom. The molecule has 1 unspecified atom stereocenters. The van der Waals surface area contributed by atoms with Gasteiger partial charge in [0.1, 0.15) is 11.4 Å². The average molecular weight is 266 g/mol. The number of carboxylic acids is 1. The molecule has 7 heteroatoms. The molecule has 19 heavy (non-hydrogen) atoms. The number of carboxylic acid groups (broad SMARTS) is 1. The zero-order valence-electron chi connectivity index (χ0n) is 11.1. The molecule has 0 saturated carbocycles. The number of nitrogens with one attached hydrogen (secondary N) is 1. The molecule has 2 N–H and O–H groups in total. The molecule has 0 bridgehead atoms. The van der Waals surface area contributed by atoms with Gasteiger partial charge in [0.2, 0.25) is 0 Å². The lowest BCUT2D eigenvalue weighted by Gasteiger charge is -2.32. The number of hydrogen-bond acceptors (Lipinski definition) is 3. The van der Waals surface area contributed by atoms with Crippen molar-refractivity contribution < 1.29 is 14.7 Å². The van der Waals surface area contributed by atoms with Gasteiger partial charge in [-0.3, -0.25) is 0 Å². The van der Waals surface area contributed by atoms with E-state index in [9.17, 15) is 9.59 Å². The van der Waals surface area contributed by atoms with Gasteiger partial charge >= 0.3 is 12.0 Å². The van der Waals surface area contributed by atoms with Crippen molar-refractivity contribution in [2.24, 2.45) is 0 Å². The molecule has 0 aromatic carbocycles. The van der Waals surface area contributed by atoms with Gasteiger partial charge in [0, 0.05) is 25.5 Å². The van der Waals surface area contributed by atoms with E-state index in [1.54, 1.807) is 18.0 Å². The molecule has 2 heterocycles. The van der Waals surface area contributed by atoms with E-state index in [1.165, 1.54) is 6.92 Å². The van der Waals surface area contributed by atoms with E-state index in [0.29, 0.717) is 26.1 Å². The van der Waals surface area contributed by atoms with Crippen LogP contribution in [0.4, 0.5) is 4.79 Å². The van der Waals surface area contributed by atoms with Crippen molar-refractivity contribution in [2.75, 3.05) is 6.54 Å². The maximum atomic E-state index is 12.1. The molecule has 1 aliphatic heterocycles. The SMILES string of the molecule is CCC(C)(NC(=O)N1CCn2ccnc2C1)C(=O)O. The fraction of sp³-hybridized carbons (Fsp3) is 0.583. The monoisotopic (exact) mass is 266 g/mol. The maximum Gasteiger partial charge on any atom is 0.329 e. The quantitative estimate of drug-likeness (QED) is 0.841. The van der Waals surface area contributed by atoms with Crippen LogP contribution in [0.3, 0.4) is 0 Å². The summed E-state index contributed by atoms with van der Waals surface area (Å²) in [5.41, 5.74) is -1.23. The number of hydrogen-bond donors (Lipinski definition) is 2. The van der Waals surface area contributed by atoms with Crippen molar-refractivity contribution in [3.63, 3.8) is 0 Å². The summed E-state index contributed by atoms with van der Waals surface area (Å²) in [6, 6.07) is -0.360. The molecule has 1 aromatic heterocycles. The first-order chi connectivity index (χ1) is 8.96. The number of amides is 2. The Bertz CT molecular complexity index is 499. The second-order valence-corrected chi connectivity index (χ2v) is 4.88. The van der Waals surface area contributed by atoms with Crippen LogP contribution in [0.2, 0.25) is 0 Å². The largest absolute Gasteiger partial charge is 0.480 e. The Hall–Kier alpha value is -2.05. The van der Waals surface area contributed by atoms with Crippen molar-refractivity contribution in [3.05, 3.63) is 18.2 Å². The van der Waals surface area contributed by atoms with Crippen LogP contribution in [0.1, 0.15) is 26.1 Å². The molecule has 7 nitrogen and oxygen atoms in total. The zero-order valence-corrected chi connectivity index (χ0v) is 11.1. The third-order valence-electron chi connectivity index (χ3n) is 3.59. The first kappa shape index (κ1) is 13.4. The Kier molecular flexibility index (Phi) is 3.46. The smallest absolute Gasteiger partial charge is 0.329 e. The van der Waals surface area contributed by atoms with Gasteiger partial charge in [-0.25, -0.2) is 14.6 Å². The van der Waals surface area contributed by atoms with Gasteiger partial charge in [0.15, 0.2) is 0 Å². The number of aliphatic carboxylic acids is 1. The maximum absolute atomic E-state index is 12.1. The van der Waals surface area contributed by atoms with Crippen LogP contribution in [-0.4, -0.2) is 43.6 Å². The molecule has 1 aliphatic rings. The number of nitrogens with zero attached hydrogens (tertiary/aromatic N) is 3. The van der Waals surface area contributed by atoms with E-state index in [0.717, 1.165) is 5.82 Å². The van der Waals surface area contributed by atoms with E-state index < -0.39 is 11.5 Å². The van der Waals surface area contributed by atoms with Crippen molar-refractivity contribution in [1.29, 1.82) is 0 Å². The number of fused-ring (bicyclic) bond motifs is 1. The summed E-state index contributed by atoms with van der Waals surface area (Å²) in [5, 5.41) is 11.7. The third-order valence-corrected chi connectivity index (χ3v) is 3.59. The minimum absolute atomic E-state index is 0.330. The molecule has 1 aromatic rings. The number of carbonyl (C=O) groups excluding carboxylic acids is 1. The fourth-order valence-corrected chi connectivity index (χ4v) is 1.95. The van der Waals surface area contributed by atoms with Crippen LogP contribution >= 0.6 is 0 Å². The number of carbonyl (C=O) groups is 2. The van der Waals surface area contributed by atoms with Crippen LogP contribution in [0.5, 0.6) is 0 Å². The van der Waals surface area contributed by atoms with Gasteiger partial charge in [0.25, 0.3) is 0 Å². The first-order valence-electron chi connectivity index (χ1n) is 6.27. The van der Waals surface area contributed by atoms with Crippen LogP contribution in [-0.2, 0) is 17.9 Å². The minimum Gasteiger partial charge on any atom is -0.480 e. The second-order valence-electron chi connectivity index (χ2n) is 4.88. The van der Waals surface area contributed by atoms with E-state index in [1.807, 2.05) is 10.8 Å². The molecule has 0 radical (unpaired) electrons. The van der Waals surface area contributed by atoms with E-state index in [4.69, 9.17) is 5.11 Å². The predicted molar refractivity (Wildman–Crippen MR) is 67.5 cm³/mol. The second kappa shape index (κ2) is 4.91. The number of imidazole rings is 1. The highest BCUT2D eigenvalue weighted by molar-refractivity contribution is 5.85. The summed E-state index contributed by atoms with van der Waals surface area (Å²) in [6.45, 7) is 4.88. The van der Waals surface area contributed by atoms with Crippen LogP contribution in [0.15, 0.2) is 12.4 Å². The highest BCUT2D eigenvalue weighted by Gasteiger charge is 2.35. The Balaban J connectivity index is 2.04. The molecule has 2 rings (SSSR count). The molecule has 0 saturated heterocycles. The van der Waals surface area contributed by atoms with Gasteiger partial charge in [-0.2, -0.15) is 0 Å². The molecular formula is C12H18N4O3. The van der Waals surface area contributed by atoms with Crippen molar-refractivity contribution in [3.8, 4) is 0 Å². The molecule has 0 spiro atoms. The van der Waals surface area contributed by atoms with E-state index in [-0.39, 0.29) is 6.03 Å². The summed E-state index contributed by atoms with van der Waals surface area (Å²) >= 11 is 0. The van der Waals surface area contributed by atoms with Gasteiger partial charge < -0.3 is 19.9 Å². The average Bonchev–Trinajstić information content (AvgIpc) is 2.85. The summed E-state index contributed by atoms with van der Waals surface area (Å²) in [5.74, 6) is -0.211. The van der Waals surface area contributed by atoms with Crippen LogP contribution in [0, 0.1) is 0 Å². The molecule has 2 amide bonds. The molecule has 104 valence electrons. The van der Waals surface area contributed by atoms with Crippen molar-refractivity contribution in [2.45, 2.75) is 38.9 Å². The van der Waals surface area contributed by atoms with Crippen LogP contribution < -0.4 is 5.32 Å². The Labute approximate surface area is 111 Å². The first-order valence-corrected chi connectivity index (χ1v) is 6.27. The predicted octanol–water partition coefficient (Wildman–Crippen LogP) is 0.662. The summed E-state index contributed by atoms with van der Waals surface area (Å²) in [6.07, 6.45) is 3.90. The normalized spacial score (nSPS) is 17.5. The molecule has 1 atom stereocenters. The lowest BCUT2D eigenvalue weighted by atomic mass is 10.00. The van der Waals surface area contributed by atoms with Crippen molar-refractivity contribution >= 4 is 12.0 Å². The summed E-state index contributed by atoms with van der Waals surface area (Å²) in [4.78, 5) is 29.0.